The number of nitrogens with zero attached hydrogens (tertiary/aromatic N) is 3. The number of amides is 1. The predicted molar refractivity (Wildman–Crippen MR) is 118 cm³/mol. The Labute approximate surface area is 183 Å². The lowest BCUT2D eigenvalue weighted by molar-refractivity contribution is -0.0141. The summed E-state index contributed by atoms with van der Waals surface area (Å²) in [6.45, 7) is 6.56. The third kappa shape index (κ3) is 6.35. The van der Waals surface area contributed by atoms with E-state index in [0.29, 0.717) is 30.0 Å². The number of aromatic nitrogens is 1. The SMILES string of the molecule is CN(C)c1cc(F)cc(C#Cc2cncc(OC[C@@H]3CCN3C(=O)OC(C)(C)C)c2)c1. The van der Waals surface area contributed by atoms with E-state index in [2.05, 4.69) is 16.8 Å². The van der Waals surface area contributed by atoms with Crippen LogP contribution in [0.3, 0.4) is 0 Å². The van der Waals surface area contributed by atoms with Gasteiger partial charge in [-0.3, -0.25) is 4.98 Å². The maximum Gasteiger partial charge on any atom is 0.410 e. The summed E-state index contributed by atoms with van der Waals surface area (Å²) >= 11 is 0. The van der Waals surface area contributed by atoms with Crippen molar-refractivity contribution < 1.29 is 18.7 Å². The average molecular weight is 426 g/mol. The van der Waals surface area contributed by atoms with Crippen LogP contribution in [-0.2, 0) is 4.74 Å². The van der Waals surface area contributed by atoms with E-state index >= 15 is 0 Å². The predicted octanol–water partition coefficient (Wildman–Crippen LogP) is 4.07. The summed E-state index contributed by atoms with van der Waals surface area (Å²) in [7, 11) is 3.70. The molecule has 7 heteroatoms. The van der Waals surface area contributed by atoms with Gasteiger partial charge in [0, 0.05) is 43.7 Å². The Kier molecular flexibility index (Phi) is 6.69. The third-order valence-corrected chi connectivity index (χ3v) is 4.68. The minimum Gasteiger partial charge on any atom is -0.490 e. The summed E-state index contributed by atoms with van der Waals surface area (Å²) in [6.07, 6.45) is 3.77. The first-order valence-electron chi connectivity index (χ1n) is 10.2. The zero-order valence-electron chi connectivity index (χ0n) is 18.6. The Bertz CT molecular complexity index is 1010. The van der Waals surface area contributed by atoms with Crippen LogP contribution < -0.4 is 9.64 Å². The summed E-state index contributed by atoms with van der Waals surface area (Å²) in [5.74, 6) is 6.21. The van der Waals surface area contributed by atoms with Crippen LogP contribution >= 0.6 is 0 Å². The molecule has 0 radical (unpaired) electrons. The number of benzene rings is 1. The Morgan fingerprint density at radius 1 is 1.19 bits per heavy atom. The quantitative estimate of drug-likeness (QED) is 0.691. The molecule has 0 saturated carbocycles. The normalized spacial score (nSPS) is 15.4. The largest absolute Gasteiger partial charge is 0.490 e. The summed E-state index contributed by atoms with van der Waals surface area (Å²) in [4.78, 5) is 19.9. The molecule has 1 aromatic heterocycles. The van der Waals surface area contributed by atoms with Gasteiger partial charge in [0.05, 0.1) is 12.2 Å². The van der Waals surface area contributed by atoms with Crippen molar-refractivity contribution in [1.82, 2.24) is 9.88 Å². The molecule has 164 valence electrons. The van der Waals surface area contributed by atoms with Gasteiger partial charge in [0.15, 0.2) is 0 Å². The first-order valence-corrected chi connectivity index (χ1v) is 10.2. The fraction of sp³-hybridized carbons (Fsp3) is 0.417. The van der Waals surface area contributed by atoms with Gasteiger partial charge in [-0.15, -0.1) is 0 Å². The van der Waals surface area contributed by atoms with Crippen molar-refractivity contribution in [2.45, 2.75) is 38.8 Å². The minimum atomic E-state index is -0.524. The van der Waals surface area contributed by atoms with E-state index in [4.69, 9.17) is 9.47 Å². The molecule has 2 heterocycles. The number of pyridine rings is 1. The Morgan fingerprint density at radius 2 is 1.94 bits per heavy atom. The maximum atomic E-state index is 13.8. The van der Waals surface area contributed by atoms with Gasteiger partial charge in [-0.25, -0.2) is 9.18 Å². The molecule has 0 spiro atoms. The minimum absolute atomic E-state index is 0.0265. The Balaban J connectivity index is 1.62. The Hall–Kier alpha value is -3.27. The number of hydrogen-bond donors (Lipinski definition) is 0. The number of carbonyl (C=O) groups excluding carboxylic acids is 1. The van der Waals surface area contributed by atoms with Crippen molar-refractivity contribution in [1.29, 1.82) is 0 Å². The van der Waals surface area contributed by atoms with E-state index in [-0.39, 0.29) is 18.0 Å². The van der Waals surface area contributed by atoms with Gasteiger partial charge in [-0.2, -0.15) is 0 Å². The standard InChI is InChI=1S/C24H28FN3O3/c1-24(2,3)31-23(29)28-9-8-20(28)16-30-22-12-18(14-26-15-22)7-6-17-10-19(25)13-21(11-17)27(4)5/h10-15,20H,8-9,16H2,1-5H3/t20-/m0/s1. The van der Waals surface area contributed by atoms with Crippen LogP contribution in [0.15, 0.2) is 36.7 Å². The highest BCUT2D eigenvalue weighted by molar-refractivity contribution is 5.69. The fourth-order valence-electron chi connectivity index (χ4n) is 2.98. The number of likely N-dealkylation sites (tertiary alicyclic amines) is 1. The molecular formula is C24H28FN3O3. The van der Waals surface area contributed by atoms with Crippen molar-refractivity contribution in [2.24, 2.45) is 0 Å². The number of carbonyl (C=O) groups is 1. The first-order chi connectivity index (χ1) is 14.6. The number of ether oxygens (including phenoxy) is 2. The van der Waals surface area contributed by atoms with Gasteiger partial charge >= 0.3 is 6.09 Å². The highest BCUT2D eigenvalue weighted by Crippen LogP contribution is 2.23. The lowest BCUT2D eigenvalue weighted by Crippen LogP contribution is -2.55. The van der Waals surface area contributed by atoms with Crippen molar-refractivity contribution in [2.75, 3.05) is 32.1 Å². The molecule has 3 rings (SSSR count). The van der Waals surface area contributed by atoms with Crippen LogP contribution in [0.4, 0.5) is 14.9 Å². The van der Waals surface area contributed by atoms with E-state index in [0.717, 1.165) is 12.1 Å². The summed E-state index contributed by atoms with van der Waals surface area (Å²) in [5, 5.41) is 0. The van der Waals surface area contributed by atoms with E-state index in [1.165, 1.54) is 12.1 Å². The molecule has 0 unspecified atom stereocenters. The molecule has 1 fully saturated rings. The van der Waals surface area contributed by atoms with Crippen LogP contribution in [0.25, 0.3) is 0 Å². The second kappa shape index (κ2) is 9.25. The van der Waals surface area contributed by atoms with Gasteiger partial charge in [0.1, 0.15) is 23.8 Å². The number of rotatable bonds is 4. The van der Waals surface area contributed by atoms with Crippen molar-refractivity contribution >= 4 is 11.8 Å². The molecular weight excluding hydrogens is 397 g/mol. The lowest BCUT2D eigenvalue weighted by Gasteiger charge is -2.40. The van der Waals surface area contributed by atoms with Crippen LogP contribution in [0.1, 0.15) is 38.3 Å². The van der Waals surface area contributed by atoms with Crippen molar-refractivity contribution in [3.8, 4) is 17.6 Å². The molecule has 1 aliphatic heterocycles. The highest BCUT2D eigenvalue weighted by Gasteiger charge is 2.35. The molecule has 0 N–H and O–H groups in total. The average Bonchev–Trinajstić information content (AvgIpc) is 2.64. The second-order valence-electron chi connectivity index (χ2n) is 8.68. The van der Waals surface area contributed by atoms with Crippen LogP contribution in [-0.4, -0.2) is 54.9 Å². The molecule has 1 aromatic carbocycles. The summed E-state index contributed by atoms with van der Waals surface area (Å²) < 4.78 is 25.1. The number of anilines is 1. The maximum absolute atomic E-state index is 13.8. The molecule has 0 bridgehead atoms. The van der Waals surface area contributed by atoms with E-state index < -0.39 is 5.60 Å². The zero-order chi connectivity index (χ0) is 22.6. The smallest absolute Gasteiger partial charge is 0.410 e. The van der Waals surface area contributed by atoms with Crippen LogP contribution in [0.5, 0.6) is 5.75 Å². The molecule has 6 nitrogen and oxygen atoms in total. The monoisotopic (exact) mass is 425 g/mol. The van der Waals surface area contributed by atoms with Crippen LogP contribution in [0, 0.1) is 17.7 Å². The van der Waals surface area contributed by atoms with E-state index in [9.17, 15) is 9.18 Å². The van der Waals surface area contributed by atoms with Gasteiger partial charge < -0.3 is 19.3 Å². The van der Waals surface area contributed by atoms with Crippen molar-refractivity contribution in [3.63, 3.8) is 0 Å². The first kappa shape index (κ1) is 22.4. The molecule has 1 amide bonds. The number of hydrogen-bond acceptors (Lipinski definition) is 5. The van der Waals surface area contributed by atoms with Gasteiger partial charge in [-0.1, -0.05) is 11.8 Å². The highest BCUT2D eigenvalue weighted by atomic mass is 19.1. The lowest BCUT2D eigenvalue weighted by atomic mass is 10.1. The summed E-state index contributed by atoms with van der Waals surface area (Å²) in [6, 6.07) is 6.44. The summed E-state index contributed by atoms with van der Waals surface area (Å²) in [5.41, 5.74) is 1.46. The number of halogens is 1. The molecule has 0 aliphatic carbocycles. The topological polar surface area (TPSA) is 54.9 Å². The molecule has 1 aliphatic rings. The molecule has 2 aromatic rings. The Morgan fingerprint density at radius 3 is 2.58 bits per heavy atom. The van der Waals surface area contributed by atoms with Crippen molar-refractivity contribution in [3.05, 3.63) is 53.6 Å². The van der Waals surface area contributed by atoms with Gasteiger partial charge in [0.25, 0.3) is 0 Å². The third-order valence-electron chi connectivity index (χ3n) is 4.68. The van der Waals surface area contributed by atoms with E-state index in [1.807, 2.05) is 45.8 Å². The van der Waals surface area contributed by atoms with Gasteiger partial charge in [-0.05, 0) is 51.5 Å². The second-order valence-corrected chi connectivity index (χ2v) is 8.68. The van der Waals surface area contributed by atoms with Crippen LogP contribution in [0.2, 0.25) is 0 Å². The molecule has 1 atom stereocenters. The molecule has 1 saturated heterocycles. The molecule has 31 heavy (non-hydrogen) atoms. The van der Waals surface area contributed by atoms with Gasteiger partial charge in [0.2, 0.25) is 0 Å². The van der Waals surface area contributed by atoms with E-state index in [1.54, 1.807) is 23.4 Å². The zero-order valence-corrected chi connectivity index (χ0v) is 18.6. The fourth-order valence-corrected chi connectivity index (χ4v) is 2.98.